The molecule has 0 bridgehead atoms. The van der Waals surface area contributed by atoms with Crippen molar-refractivity contribution in [2.45, 2.75) is 45.9 Å². The van der Waals surface area contributed by atoms with Crippen LogP contribution in [0.5, 0.6) is 0 Å². The second-order valence-corrected chi connectivity index (χ2v) is 5.20. The summed E-state index contributed by atoms with van der Waals surface area (Å²) in [5, 5.41) is 12.2. The average Bonchev–Trinajstić information content (AvgIpc) is 2.63. The van der Waals surface area contributed by atoms with Gasteiger partial charge in [0.25, 0.3) is 0 Å². The number of nitrogens with one attached hydrogen (secondary N) is 1. The van der Waals surface area contributed by atoms with Crippen molar-refractivity contribution in [2.24, 2.45) is 5.92 Å². The van der Waals surface area contributed by atoms with Crippen LogP contribution in [0, 0.1) is 5.92 Å². The van der Waals surface area contributed by atoms with Gasteiger partial charge in [-0.3, -0.25) is 4.79 Å². The molecule has 1 atom stereocenters. The van der Waals surface area contributed by atoms with Crippen molar-refractivity contribution in [3.05, 3.63) is 18.7 Å². The second-order valence-electron chi connectivity index (χ2n) is 5.20. The van der Waals surface area contributed by atoms with Gasteiger partial charge in [0.15, 0.2) is 0 Å². The lowest BCUT2D eigenvalue weighted by Crippen LogP contribution is -2.46. The maximum atomic E-state index is 12.1. The standard InChI is InChI=1S/C12H21N3O2/c1-9(2)7-10(15-6-5-13-8-15)11(16)14-12(3,4)17/h5-6,8-10,17H,7H2,1-4H3,(H,14,16)/t10-/m0/s1. The minimum absolute atomic E-state index is 0.191. The molecule has 1 amide bonds. The summed E-state index contributed by atoms with van der Waals surface area (Å²) in [6, 6.07) is -0.330. The van der Waals surface area contributed by atoms with Crippen molar-refractivity contribution in [3.63, 3.8) is 0 Å². The number of amides is 1. The first-order valence-corrected chi connectivity index (χ1v) is 5.81. The van der Waals surface area contributed by atoms with Crippen LogP contribution in [0.1, 0.15) is 40.2 Å². The molecule has 5 heteroatoms. The van der Waals surface area contributed by atoms with Crippen molar-refractivity contribution in [2.75, 3.05) is 0 Å². The van der Waals surface area contributed by atoms with Gasteiger partial charge in [0.05, 0.1) is 6.33 Å². The summed E-state index contributed by atoms with van der Waals surface area (Å²) < 4.78 is 1.76. The summed E-state index contributed by atoms with van der Waals surface area (Å²) >= 11 is 0. The van der Waals surface area contributed by atoms with Crippen LogP contribution in [0.4, 0.5) is 0 Å². The number of hydrogen-bond donors (Lipinski definition) is 2. The van der Waals surface area contributed by atoms with E-state index >= 15 is 0 Å². The Bertz CT molecular complexity index is 352. The van der Waals surface area contributed by atoms with Crippen LogP contribution in [-0.2, 0) is 4.79 Å². The van der Waals surface area contributed by atoms with Crippen LogP contribution in [0.3, 0.4) is 0 Å². The van der Waals surface area contributed by atoms with Gasteiger partial charge in [0.1, 0.15) is 11.8 Å². The third-order valence-electron chi connectivity index (χ3n) is 2.31. The van der Waals surface area contributed by atoms with Crippen LogP contribution >= 0.6 is 0 Å². The Balaban J connectivity index is 2.80. The number of aromatic nitrogens is 2. The number of aliphatic hydroxyl groups is 1. The molecule has 0 aliphatic heterocycles. The van der Waals surface area contributed by atoms with Crippen LogP contribution in [0.15, 0.2) is 18.7 Å². The summed E-state index contributed by atoms with van der Waals surface area (Å²) in [4.78, 5) is 16.0. The highest BCUT2D eigenvalue weighted by Gasteiger charge is 2.25. The molecule has 0 unspecified atom stereocenters. The van der Waals surface area contributed by atoms with Crippen LogP contribution < -0.4 is 5.32 Å². The zero-order valence-electron chi connectivity index (χ0n) is 10.8. The van der Waals surface area contributed by atoms with E-state index in [-0.39, 0.29) is 11.9 Å². The molecule has 0 fully saturated rings. The number of imidazole rings is 1. The largest absolute Gasteiger partial charge is 0.372 e. The fraction of sp³-hybridized carbons (Fsp3) is 0.667. The quantitative estimate of drug-likeness (QED) is 0.761. The molecule has 1 rings (SSSR count). The molecule has 5 nitrogen and oxygen atoms in total. The highest BCUT2D eigenvalue weighted by Crippen LogP contribution is 2.18. The van der Waals surface area contributed by atoms with E-state index in [0.29, 0.717) is 12.3 Å². The Morgan fingerprint density at radius 1 is 1.53 bits per heavy atom. The van der Waals surface area contributed by atoms with Gasteiger partial charge < -0.3 is 15.0 Å². The molecule has 0 radical (unpaired) electrons. The summed E-state index contributed by atoms with van der Waals surface area (Å²) in [6.45, 7) is 7.21. The highest BCUT2D eigenvalue weighted by molar-refractivity contribution is 5.80. The predicted molar refractivity (Wildman–Crippen MR) is 65.2 cm³/mol. The molecule has 0 saturated heterocycles. The molecule has 0 saturated carbocycles. The molecule has 0 aromatic carbocycles. The molecule has 1 aromatic rings. The van der Waals surface area contributed by atoms with Crippen LogP contribution in [0.25, 0.3) is 0 Å². The minimum atomic E-state index is -1.20. The molecule has 96 valence electrons. The van der Waals surface area contributed by atoms with E-state index in [0.717, 1.165) is 0 Å². The normalized spacial score (nSPS) is 13.8. The number of carbonyl (C=O) groups is 1. The summed E-state index contributed by atoms with van der Waals surface area (Å²) in [7, 11) is 0. The lowest BCUT2D eigenvalue weighted by molar-refractivity contribution is -0.130. The molecule has 17 heavy (non-hydrogen) atoms. The monoisotopic (exact) mass is 239 g/mol. The lowest BCUT2D eigenvalue weighted by atomic mass is 10.0. The molecule has 0 spiro atoms. The maximum Gasteiger partial charge on any atom is 0.245 e. The van der Waals surface area contributed by atoms with Gasteiger partial charge >= 0.3 is 0 Å². The summed E-state index contributed by atoms with van der Waals surface area (Å²) in [5.41, 5.74) is -1.20. The molecule has 0 aliphatic carbocycles. The number of nitrogens with zero attached hydrogens (tertiary/aromatic N) is 2. The van der Waals surface area contributed by atoms with E-state index in [1.54, 1.807) is 37.1 Å². The third-order valence-corrected chi connectivity index (χ3v) is 2.31. The van der Waals surface area contributed by atoms with Gasteiger partial charge in [-0.25, -0.2) is 4.98 Å². The topological polar surface area (TPSA) is 67.2 Å². The fourth-order valence-electron chi connectivity index (χ4n) is 1.65. The third kappa shape index (κ3) is 4.56. The molecular weight excluding hydrogens is 218 g/mol. The van der Waals surface area contributed by atoms with Gasteiger partial charge in [0.2, 0.25) is 5.91 Å². The molecule has 1 aromatic heterocycles. The van der Waals surface area contributed by atoms with E-state index in [1.165, 1.54) is 0 Å². The molecular formula is C12H21N3O2. The van der Waals surface area contributed by atoms with Crippen molar-refractivity contribution in [3.8, 4) is 0 Å². The van der Waals surface area contributed by atoms with Gasteiger partial charge in [-0.2, -0.15) is 0 Å². The van der Waals surface area contributed by atoms with E-state index in [9.17, 15) is 9.90 Å². The Morgan fingerprint density at radius 2 is 2.18 bits per heavy atom. The first-order chi connectivity index (χ1) is 7.79. The highest BCUT2D eigenvalue weighted by atomic mass is 16.3. The van der Waals surface area contributed by atoms with Gasteiger partial charge in [-0.05, 0) is 26.2 Å². The number of carbonyl (C=O) groups excluding carboxylic acids is 1. The Kier molecular flexibility index (Phi) is 4.28. The first kappa shape index (κ1) is 13.7. The van der Waals surface area contributed by atoms with Crippen molar-refractivity contribution < 1.29 is 9.90 Å². The van der Waals surface area contributed by atoms with Crippen molar-refractivity contribution in [1.82, 2.24) is 14.9 Å². The molecule has 0 aliphatic rings. The zero-order valence-corrected chi connectivity index (χ0v) is 10.8. The van der Waals surface area contributed by atoms with Crippen molar-refractivity contribution >= 4 is 5.91 Å². The van der Waals surface area contributed by atoms with Gasteiger partial charge in [0, 0.05) is 12.4 Å². The predicted octanol–water partition coefficient (Wildman–Crippen LogP) is 1.31. The SMILES string of the molecule is CC(C)C[C@@H](C(=O)NC(C)(C)O)n1ccnc1. The second kappa shape index (κ2) is 5.31. The van der Waals surface area contributed by atoms with E-state index < -0.39 is 5.72 Å². The van der Waals surface area contributed by atoms with E-state index in [1.807, 2.05) is 0 Å². The summed E-state index contributed by atoms with van der Waals surface area (Å²) in [6.07, 6.45) is 5.73. The van der Waals surface area contributed by atoms with E-state index in [2.05, 4.69) is 24.1 Å². The number of rotatable bonds is 5. The maximum absolute atomic E-state index is 12.1. The Morgan fingerprint density at radius 3 is 2.59 bits per heavy atom. The Labute approximate surface area is 102 Å². The van der Waals surface area contributed by atoms with Crippen molar-refractivity contribution in [1.29, 1.82) is 0 Å². The fourth-order valence-corrected chi connectivity index (χ4v) is 1.65. The van der Waals surface area contributed by atoms with Gasteiger partial charge in [-0.1, -0.05) is 13.8 Å². The van der Waals surface area contributed by atoms with Gasteiger partial charge in [-0.15, -0.1) is 0 Å². The van der Waals surface area contributed by atoms with E-state index in [4.69, 9.17) is 0 Å². The summed E-state index contributed by atoms with van der Waals surface area (Å²) in [5.74, 6) is 0.194. The number of hydrogen-bond acceptors (Lipinski definition) is 3. The average molecular weight is 239 g/mol. The van der Waals surface area contributed by atoms with Crippen LogP contribution in [-0.4, -0.2) is 26.3 Å². The van der Waals surface area contributed by atoms with Crippen LogP contribution in [0.2, 0.25) is 0 Å². The molecule has 2 N–H and O–H groups in total. The lowest BCUT2D eigenvalue weighted by Gasteiger charge is -2.25. The molecule has 1 heterocycles. The minimum Gasteiger partial charge on any atom is -0.372 e. The Hall–Kier alpha value is -1.36. The smallest absolute Gasteiger partial charge is 0.245 e. The first-order valence-electron chi connectivity index (χ1n) is 5.81. The zero-order chi connectivity index (χ0) is 13.1.